The number of para-hydroxylation sites is 1. The molecule has 0 aliphatic carbocycles. The number of rotatable bonds is 4. The quantitative estimate of drug-likeness (QED) is 0.742. The molecule has 0 atom stereocenters. The van der Waals surface area contributed by atoms with Crippen LogP contribution in [-0.4, -0.2) is 40.0 Å². The van der Waals surface area contributed by atoms with Crippen molar-refractivity contribution in [2.75, 3.05) is 18.4 Å². The lowest BCUT2D eigenvalue weighted by Crippen LogP contribution is -2.42. The lowest BCUT2D eigenvalue weighted by Gasteiger charge is -2.35. The molecule has 1 aromatic carbocycles. The smallest absolute Gasteiger partial charge is 0.172 e. The highest BCUT2D eigenvalue weighted by molar-refractivity contribution is 7.13. The van der Waals surface area contributed by atoms with Gasteiger partial charge in [0.15, 0.2) is 5.82 Å². The van der Waals surface area contributed by atoms with Crippen molar-refractivity contribution in [2.45, 2.75) is 38.8 Å². The Kier molecular flexibility index (Phi) is 4.68. The first-order valence-electron chi connectivity index (χ1n) is 9.02. The van der Waals surface area contributed by atoms with E-state index in [1.54, 1.807) is 11.3 Å². The van der Waals surface area contributed by atoms with Crippen molar-refractivity contribution >= 4 is 28.1 Å². The molecule has 2 aromatic heterocycles. The average molecular weight is 353 g/mol. The van der Waals surface area contributed by atoms with E-state index in [1.165, 1.54) is 0 Å². The summed E-state index contributed by atoms with van der Waals surface area (Å²) in [6.45, 7) is 6.85. The van der Waals surface area contributed by atoms with Crippen LogP contribution in [0.25, 0.3) is 21.6 Å². The number of aromatic nitrogens is 2. The number of hydrogen-bond donors (Lipinski definition) is 1. The second-order valence-electron chi connectivity index (χ2n) is 6.94. The minimum absolute atomic E-state index is 0.476. The van der Waals surface area contributed by atoms with Crippen LogP contribution in [0.1, 0.15) is 26.7 Å². The van der Waals surface area contributed by atoms with Gasteiger partial charge in [0.2, 0.25) is 0 Å². The van der Waals surface area contributed by atoms with Crippen molar-refractivity contribution in [3.05, 3.63) is 41.8 Å². The molecular formula is C20H24N4S. The standard InChI is InChI=1S/C20H24N4S/c1-14(2)24-11-9-15(10-12-24)21-19-16-6-3-4-7-17(16)22-20(23-19)18-8-5-13-25-18/h3-8,13-15H,9-12H2,1-2H3,(H,21,22,23). The van der Waals surface area contributed by atoms with Crippen molar-refractivity contribution in [3.63, 3.8) is 0 Å². The summed E-state index contributed by atoms with van der Waals surface area (Å²) in [5.74, 6) is 1.79. The number of hydrogen-bond acceptors (Lipinski definition) is 5. The summed E-state index contributed by atoms with van der Waals surface area (Å²) in [6.07, 6.45) is 2.32. The molecule has 1 saturated heterocycles. The van der Waals surface area contributed by atoms with Crippen molar-refractivity contribution < 1.29 is 0 Å². The van der Waals surface area contributed by atoms with Crippen LogP contribution in [-0.2, 0) is 0 Å². The Morgan fingerprint density at radius 3 is 2.60 bits per heavy atom. The zero-order chi connectivity index (χ0) is 17.2. The summed E-state index contributed by atoms with van der Waals surface area (Å²) in [5.41, 5.74) is 1.00. The fourth-order valence-corrected chi connectivity index (χ4v) is 4.11. The van der Waals surface area contributed by atoms with E-state index in [0.717, 1.165) is 53.4 Å². The van der Waals surface area contributed by atoms with Gasteiger partial charge in [-0.05, 0) is 50.3 Å². The number of piperidine rings is 1. The van der Waals surface area contributed by atoms with Gasteiger partial charge in [0, 0.05) is 30.6 Å². The third kappa shape index (κ3) is 3.53. The van der Waals surface area contributed by atoms with Gasteiger partial charge in [0.25, 0.3) is 0 Å². The van der Waals surface area contributed by atoms with E-state index in [9.17, 15) is 0 Å². The van der Waals surface area contributed by atoms with Gasteiger partial charge in [0.1, 0.15) is 5.82 Å². The molecule has 0 amide bonds. The maximum absolute atomic E-state index is 4.87. The molecule has 3 heterocycles. The summed E-state index contributed by atoms with van der Waals surface area (Å²) >= 11 is 1.68. The molecule has 5 heteroatoms. The summed E-state index contributed by atoms with van der Waals surface area (Å²) < 4.78 is 0. The second-order valence-corrected chi connectivity index (χ2v) is 7.89. The lowest BCUT2D eigenvalue weighted by atomic mass is 10.0. The summed E-state index contributed by atoms with van der Waals surface area (Å²) in [6, 6.07) is 13.5. The monoisotopic (exact) mass is 352 g/mol. The fraction of sp³-hybridized carbons (Fsp3) is 0.400. The van der Waals surface area contributed by atoms with Gasteiger partial charge in [0.05, 0.1) is 10.4 Å². The van der Waals surface area contributed by atoms with E-state index in [-0.39, 0.29) is 0 Å². The summed E-state index contributed by atoms with van der Waals surface area (Å²) in [7, 11) is 0. The highest BCUT2D eigenvalue weighted by Gasteiger charge is 2.22. The maximum Gasteiger partial charge on any atom is 0.172 e. The zero-order valence-electron chi connectivity index (χ0n) is 14.8. The third-order valence-electron chi connectivity index (χ3n) is 4.95. The normalized spacial score (nSPS) is 16.6. The topological polar surface area (TPSA) is 41.0 Å². The van der Waals surface area contributed by atoms with E-state index in [1.807, 2.05) is 12.1 Å². The average Bonchev–Trinajstić information content (AvgIpc) is 3.17. The second kappa shape index (κ2) is 7.10. The minimum atomic E-state index is 0.476. The molecule has 0 saturated carbocycles. The molecule has 0 unspecified atom stereocenters. The number of thiophene rings is 1. The fourth-order valence-electron chi connectivity index (χ4n) is 3.46. The maximum atomic E-state index is 4.87. The number of benzene rings is 1. The van der Waals surface area contributed by atoms with Gasteiger partial charge < -0.3 is 10.2 Å². The van der Waals surface area contributed by atoms with E-state index >= 15 is 0 Å². The Labute approximate surface area is 152 Å². The molecule has 130 valence electrons. The zero-order valence-corrected chi connectivity index (χ0v) is 15.6. The van der Waals surface area contributed by atoms with Crippen LogP contribution < -0.4 is 5.32 Å². The highest BCUT2D eigenvalue weighted by Crippen LogP contribution is 2.28. The number of nitrogens with one attached hydrogen (secondary N) is 1. The molecule has 3 aromatic rings. The van der Waals surface area contributed by atoms with Crippen LogP contribution in [0.4, 0.5) is 5.82 Å². The van der Waals surface area contributed by atoms with Gasteiger partial charge in [-0.1, -0.05) is 18.2 Å². The predicted molar refractivity (Wildman–Crippen MR) is 106 cm³/mol. The first kappa shape index (κ1) is 16.5. The molecule has 0 radical (unpaired) electrons. The van der Waals surface area contributed by atoms with Gasteiger partial charge >= 0.3 is 0 Å². The molecule has 1 aliphatic heterocycles. The predicted octanol–water partition coefficient (Wildman–Crippen LogP) is 4.64. The van der Waals surface area contributed by atoms with Crippen molar-refractivity contribution in [3.8, 4) is 10.7 Å². The molecule has 1 aliphatic rings. The molecule has 1 fully saturated rings. The molecule has 0 spiro atoms. The molecule has 25 heavy (non-hydrogen) atoms. The Hall–Kier alpha value is -1.98. The van der Waals surface area contributed by atoms with E-state index < -0.39 is 0 Å². The third-order valence-corrected chi connectivity index (χ3v) is 5.81. The van der Waals surface area contributed by atoms with Crippen LogP contribution >= 0.6 is 11.3 Å². The van der Waals surface area contributed by atoms with E-state index in [2.05, 4.69) is 53.7 Å². The minimum Gasteiger partial charge on any atom is -0.367 e. The Morgan fingerprint density at radius 1 is 1.08 bits per heavy atom. The first-order valence-corrected chi connectivity index (χ1v) is 9.90. The Morgan fingerprint density at radius 2 is 1.88 bits per heavy atom. The largest absolute Gasteiger partial charge is 0.367 e. The molecule has 0 bridgehead atoms. The molecule has 4 rings (SSSR count). The first-order chi connectivity index (χ1) is 12.2. The lowest BCUT2D eigenvalue weighted by molar-refractivity contribution is 0.177. The molecule has 4 nitrogen and oxygen atoms in total. The van der Waals surface area contributed by atoms with Crippen LogP contribution in [0, 0.1) is 0 Å². The van der Waals surface area contributed by atoms with Crippen molar-refractivity contribution in [1.82, 2.24) is 14.9 Å². The van der Waals surface area contributed by atoms with Crippen LogP contribution in [0.15, 0.2) is 41.8 Å². The summed E-state index contributed by atoms with van der Waals surface area (Å²) in [5, 5.41) is 6.89. The van der Waals surface area contributed by atoms with Gasteiger partial charge in [-0.15, -0.1) is 11.3 Å². The van der Waals surface area contributed by atoms with Crippen LogP contribution in [0.3, 0.4) is 0 Å². The van der Waals surface area contributed by atoms with Gasteiger partial charge in [-0.25, -0.2) is 9.97 Å². The Balaban J connectivity index is 1.62. The SMILES string of the molecule is CC(C)N1CCC(Nc2nc(-c3cccs3)nc3ccccc23)CC1. The Bertz CT molecular complexity index is 836. The number of likely N-dealkylation sites (tertiary alicyclic amines) is 1. The molecule has 1 N–H and O–H groups in total. The van der Waals surface area contributed by atoms with E-state index in [0.29, 0.717) is 12.1 Å². The van der Waals surface area contributed by atoms with Crippen molar-refractivity contribution in [2.24, 2.45) is 0 Å². The molecular weight excluding hydrogens is 328 g/mol. The van der Waals surface area contributed by atoms with Crippen LogP contribution in [0.2, 0.25) is 0 Å². The van der Waals surface area contributed by atoms with E-state index in [4.69, 9.17) is 9.97 Å². The number of fused-ring (bicyclic) bond motifs is 1. The van der Waals surface area contributed by atoms with Crippen molar-refractivity contribution in [1.29, 1.82) is 0 Å². The van der Waals surface area contributed by atoms with Crippen LogP contribution in [0.5, 0.6) is 0 Å². The number of anilines is 1. The van der Waals surface area contributed by atoms with Gasteiger partial charge in [-0.2, -0.15) is 0 Å². The van der Waals surface area contributed by atoms with Gasteiger partial charge in [-0.3, -0.25) is 0 Å². The summed E-state index contributed by atoms with van der Waals surface area (Å²) in [4.78, 5) is 13.3. The number of nitrogens with zero attached hydrogens (tertiary/aromatic N) is 3. The highest BCUT2D eigenvalue weighted by atomic mass is 32.1.